The summed E-state index contributed by atoms with van der Waals surface area (Å²) in [6.07, 6.45) is 3.80. The summed E-state index contributed by atoms with van der Waals surface area (Å²) in [6.45, 7) is 9.31. The molecule has 0 bridgehead atoms. The minimum atomic E-state index is -0.170. The van der Waals surface area contributed by atoms with Gasteiger partial charge in [-0.1, -0.05) is 17.7 Å². The number of nitrogens with two attached hydrogens (primary N) is 1. The lowest BCUT2D eigenvalue weighted by Crippen LogP contribution is -2.41. The van der Waals surface area contributed by atoms with Crippen LogP contribution in [0.5, 0.6) is 5.75 Å². The van der Waals surface area contributed by atoms with Crippen LogP contribution in [0.1, 0.15) is 37.3 Å². The van der Waals surface area contributed by atoms with Crippen molar-refractivity contribution in [1.82, 2.24) is 15.5 Å². The second-order valence-electron chi connectivity index (χ2n) is 7.65. The van der Waals surface area contributed by atoms with E-state index >= 15 is 0 Å². The van der Waals surface area contributed by atoms with Crippen molar-refractivity contribution in [3.05, 3.63) is 29.3 Å². The van der Waals surface area contributed by atoms with Crippen LogP contribution in [0.25, 0.3) is 0 Å². The molecule has 30 heavy (non-hydrogen) atoms. The quantitative estimate of drug-likeness (QED) is 0.187. The van der Waals surface area contributed by atoms with Gasteiger partial charge in [0.15, 0.2) is 5.96 Å². The number of likely N-dealkylation sites (tertiary alicyclic amines) is 1. The Hall–Kier alpha value is -1.55. The average molecular weight is 531 g/mol. The zero-order valence-corrected chi connectivity index (χ0v) is 20.9. The van der Waals surface area contributed by atoms with Gasteiger partial charge >= 0.3 is 0 Å². The molecule has 0 aliphatic carbocycles. The molecule has 1 aliphatic rings. The van der Waals surface area contributed by atoms with Gasteiger partial charge in [-0.25, -0.2) is 0 Å². The van der Waals surface area contributed by atoms with Gasteiger partial charge in [-0.05, 0) is 64.3 Å². The highest BCUT2D eigenvalue weighted by Crippen LogP contribution is 2.19. The Balaban J connectivity index is 0.00000450. The van der Waals surface area contributed by atoms with Crippen LogP contribution in [0.2, 0.25) is 0 Å². The number of hydrogen-bond donors (Lipinski definition) is 3. The first-order valence-electron chi connectivity index (χ1n) is 10.7. The van der Waals surface area contributed by atoms with Crippen molar-refractivity contribution in [3.8, 4) is 5.75 Å². The third-order valence-corrected chi connectivity index (χ3v) is 5.28. The zero-order chi connectivity index (χ0) is 21.1. The van der Waals surface area contributed by atoms with Gasteiger partial charge in [0, 0.05) is 26.2 Å². The molecule has 0 aromatic heterocycles. The van der Waals surface area contributed by atoms with E-state index < -0.39 is 0 Å². The van der Waals surface area contributed by atoms with E-state index in [-0.39, 0.29) is 35.8 Å². The van der Waals surface area contributed by atoms with E-state index in [1.54, 1.807) is 7.11 Å². The molecule has 1 aliphatic heterocycles. The van der Waals surface area contributed by atoms with Crippen LogP contribution in [-0.2, 0) is 11.2 Å². The molecule has 1 atom stereocenters. The first-order valence-corrected chi connectivity index (χ1v) is 10.7. The Morgan fingerprint density at radius 1 is 1.37 bits per heavy atom. The summed E-state index contributed by atoms with van der Waals surface area (Å²) >= 11 is 0. The minimum absolute atomic E-state index is 0. The fourth-order valence-electron chi connectivity index (χ4n) is 3.74. The number of rotatable bonds is 10. The van der Waals surface area contributed by atoms with Crippen molar-refractivity contribution in [2.45, 2.75) is 39.5 Å². The van der Waals surface area contributed by atoms with Crippen LogP contribution in [-0.4, -0.2) is 63.1 Å². The summed E-state index contributed by atoms with van der Waals surface area (Å²) in [5.41, 5.74) is 7.89. The number of piperidine rings is 1. The van der Waals surface area contributed by atoms with E-state index in [1.807, 2.05) is 6.07 Å². The fourth-order valence-corrected chi connectivity index (χ4v) is 3.74. The van der Waals surface area contributed by atoms with E-state index in [0.29, 0.717) is 0 Å². The molecular weight excluding hydrogens is 493 g/mol. The topological polar surface area (TPSA) is 92.0 Å². The number of halogens is 1. The molecule has 0 radical (unpaired) electrons. The maximum Gasteiger partial charge on any atom is 0.221 e. The van der Waals surface area contributed by atoms with Gasteiger partial charge in [0.05, 0.1) is 13.0 Å². The number of benzene rings is 1. The molecule has 2 rings (SSSR count). The molecule has 1 aromatic carbocycles. The number of ether oxygens (including phenoxy) is 1. The summed E-state index contributed by atoms with van der Waals surface area (Å²) < 4.78 is 5.46. The van der Waals surface area contributed by atoms with Crippen LogP contribution in [0, 0.1) is 12.8 Å². The predicted molar refractivity (Wildman–Crippen MR) is 134 cm³/mol. The van der Waals surface area contributed by atoms with Gasteiger partial charge in [0.1, 0.15) is 5.75 Å². The number of aryl methyl sites for hydroxylation is 1. The van der Waals surface area contributed by atoms with E-state index in [2.05, 4.69) is 46.5 Å². The maximum atomic E-state index is 11.4. The Kier molecular flexibility index (Phi) is 12.8. The van der Waals surface area contributed by atoms with Crippen molar-refractivity contribution in [1.29, 1.82) is 0 Å². The molecule has 1 amide bonds. The molecule has 7 nitrogen and oxygen atoms in total. The molecule has 1 saturated heterocycles. The second kappa shape index (κ2) is 14.5. The summed E-state index contributed by atoms with van der Waals surface area (Å²) in [4.78, 5) is 18.4. The third-order valence-electron chi connectivity index (χ3n) is 5.28. The average Bonchev–Trinajstić information content (AvgIpc) is 2.71. The van der Waals surface area contributed by atoms with Crippen molar-refractivity contribution in [2.75, 3.05) is 46.4 Å². The lowest BCUT2D eigenvalue weighted by molar-refractivity contribution is -0.123. The smallest absolute Gasteiger partial charge is 0.221 e. The van der Waals surface area contributed by atoms with Gasteiger partial charge in [-0.2, -0.15) is 0 Å². The number of aliphatic imine (C=N–C) groups is 1. The zero-order valence-electron chi connectivity index (χ0n) is 18.6. The van der Waals surface area contributed by atoms with Gasteiger partial charge in [-0.3, -0.25) is 9.79 Å². The Morgan fingerprint density at radius 3 is 2.87 bits per heavy atom. The van der Waals surface area contributed by atoms with E-state index in [0.717, 1.165) is 76.7 Å². The Labute approximate surface area is 198 Å². The summed E-state index contributed by atoms with van der Waals surface area (Å²) in [7, 11) is 1.71. The fraction of sp³-hybridized carbons (Fsp3) is 0.636. The molecule has 1 fully saturated rings. The van der Waals surface area contributed by atoms with Crippen LogP contribution in [0.4, 0.5) is 0 Å². The van der Waals surface area contributed by atoms with Crippen LogP contribution in [0.15, 0.2) is 23.2 Å². The standard InChI is InChI=1S/C22H37N5O2.HI/c1-4-24-22(26-12-10-18-15-17(2)8-9-20(18)29-3)25-11-6-14-27-13-5-7-19(16-27)21(23)28;/h8-9,15,19H,4-7,10-14,16H2,1-3H3,(H2,23,28)(H2,24,25,26);1H. The van der Waals surface area contributed by atoms with E-state index in [4.69, 9.17) is 10.5 Å². The number of carbonyl (C=O) groups is 1. The number of methoxy groups -OCH3 is 1. The lowest BCUT2D eigenvalue weighted by Gasteiger charge is -2.30. The highest BCUT2D eigenvalue weighted by atomic mass is 127. The number of amides is 1. The first-order chi connectivity index (χ1) is 14.0. The lowest BCUT2D eigenvalue weighted by atomic mass is 9.97. The SMILES string of the molecule is CCNC(=NCCCN1CCCC(C(N)=O)C1)NCCc1cc(C)ccc1OC.I. The van der Waals surface area contributed by atoms with Crippen molar-refractivity contribution in [3.63, 3.8) is 0 Å². The number of nitrogens with zero attached hydrogens (tertiary/aromatic N) is 2. The van der Waals surface area contributed by atoms with Crippen LogP contribution < -0.4 is 21.1 Å². The largest absolute Gasteiger partial charge is 0.496 e. The number of carbonyl (C=O) groups excluding carboxylic acids is 1. The molecule has 170 valence electrons. The Morgan fingerprint density at radius 2 is 2.17 bits per heavy atom. The number of guanidine groups is 1. The summed E-state index contributed by atoms with van der Waals surface area (Å²) in [6, 6.07) is 6.26. The van der Waals surface area contributed by atoms with E-state index in [1.165, 1.54) is 11.1 Å². The molecule has 1 unspecified atom stereocenters. The van der Waals surface area contributed by atoms with Crippen molar-refractivity contribution in [2.24, 2.45) is 16.6 Å². The molecule has 1 aromatic rings. The molecule has 8 heteroatoms. The van der Waals surface area contributed by atoms with Crippen molar-refractivity contribution < 1.29 is 9.53 Å². The monoisotopic (exact) mass is 531 g/mol. The summed E-state index contributed by atoms with van der Waals surface area (Å²) in [5, 5.41) is 6.71. The molecule has 0 spiro atoms. The third kappa shape index (κ3) is 9.07. The van der Waals surface area contributed by atoms with E-state index in [9.17, 15) is 4.79 Å². The second-order valence-corrected chi connectivity index (χ2v) is 7.65. The number of hydrogen-bond acceptors (Lipinski definition) is 4. The van der Waals surface area contributed by atoms with Gasteiger partial charge < -0.3 is 26.0 Å². The van der Waals surface area contributed by atoms with Crippen LogP contribution in [0.3, 0.4) is 0 Å². The maximum absolute atomic E-state index is 11.4. The number of nitrogens with one attached hydrogen (secondary N) is 2. The molecule has 4 N–H and O–H groups in total. The Bertz CT molecular complexity index is 683. The highest BCUT2D eigenvalue weighted by Gasteiger charge is 2.23. The van der Waals surface area contributed by atoms with Gasteiger partial charge in [0.25, 0.3) is 0 Å². The number of primary amides is 1. The molecular formula is C22H38IN5O2. The summed E-state index contributed by atoms with van der Waals surface area (Å²) in [5.74, 6) is 1.60. The van der Waals surface area contributed by atoms with Crippen molar-refractivity contribution >= 4 is 35.8 Å². The van der Waals surface area contributed by atoms with Crippen LogP contribution >= 0.6 is 24.0 Å². The predicted octanol–water partition coefficient (Wildman–Crippen LogP) is 2.31. The molecule has 1 heterocycles. The van der Waals surface area contributed by atoms with Gasteiger partial charge in [0.2, 0.25) is 5.91 Å². The van der Waals surface area contributed by atoms with Gasteiger partial charge in [-0.15, -0.1) is 24.0 Å². The normalized spacial score (nSPS) is 17.2. The minimum Gasteiger partial charge on any atom is -0.496 e. The molecule has 0 saturated carbocycles. The highest BCUT2D eigenvalue weighted by molar-refractivity contribution is 14.0. The first kappa shape index (κ1) is 26.5.